The van der Waals surface area contributed by atoms with Crippen LogP contribution in [0.15, 0.2) is 182 Å². The Morgan fingerprint density at radius 1 is 0.220 bits per heavy atom. The van der Waals surface area contributed by atoms with Gasteiger partial charge in [0.05, 0.1) is 0 Å². The first-order valence-electron chi connectivity index (χ1n) is 18.2. The Hall–Kier alpha value is -4.76. The molecule has 0 spiro atoms. The molecule has 0 aliphatic rings. The van der Waals surface area contributed by atoms with Crippen LogP contribution in [0.2, 0.25) is 0 Å². The molecule has 0 radical (unpaired) electrons. The van der Waals surface area contributed by atoms with Crippen molar-refractivity contribution in [3.63, 3.8) is 0 Å². The molecule has 6 aromatic carbocycles. The molecule has 2 nitrogen and oxygen atoms in total. The van der Waals surface area contributed by atoms with Gasteiger partial charge in [0.25, 0.3) is 0 Å². The third kappa shape index (κ3) is 9.27. The second-order valence-corrected chi connectivity index (χ2v) is 13.4. The molecule has 6 rings (SSSR count). The van der Waals surface area contributed by atoms with Gasteiger partial charge in [-0.2, -0.15) is 0 Å². The molecular formula is C48H54N2. The number of nitrogens with zero attached hydrogens (tertiary/aromatic N) is 2. The molecule has 6 aromatic rings. The molecule has 0 amide bonds. The molecule has 0 fully saturated rings. The monoisotopic (exact) mass is 658 g/mol. The van der Waals surface area contributed by atoms with Crippen LogP contribution in [0.5, 0.6) is 0 Å². The number of benzene rings is 6. The first-order chi connectivity index (χ1) is 24.4. The average Bonchev–Trinajstić information content (AvgIpc) is 3.20. The summed E-state index contributed by atoms with van der Waals surface area (Å²) >= 11 is 0. The predicted octanol–water partition coefficient (Wildman–Crippen LogP) is 13.1. The lowest BCUT2D eigenvalue weighted by atomic mass is 9.96. The van der Waals surface area contributed by atoms with E-state index in [1.54, 1.807) is 0 Å². The van der Waals surface area contributed by atoms with E-state index in [9.17, 15) is 0 Å². The van der Waals surface area contributed by atoms with Gasteiger partial charge in [-0.05, 0) is 74.9 Å². The zero-order valence-corrected chi connectivity index (χ0v) is 30.7. The van der Waals surface area contributed by atoms with Crippen molar-refractivity contribution in [1.82, 2.24) is 9.80 Å². The molecule has 0 aliphatic carbocycles. The number of rotatable bonds is 12. The number of hydrogen-bond acceptors (Lipinski definition) is 2. The first-order valence-corrected chi connectivity index (χ1v) is 18.2. The van der Waals surface area contributed by atoms with E-state index in [2.05, 4.69) is 233 Å². The van der Waals surface area contributed by atoms with Gasteiger partial charge in [0, 0.05) is 36.3 Å². The molecular weight excluding hydrogens is 605 g/mol. The summed E-state index contributed by atoms with van der Waals surface area (Å²) in [5.41, 5.74) is 8.13. The van der Waals surface area contributed by atoms with Gasteiger partial charge in [-0.25, -0.2) is 0 Å². The highest BCUT2D eigenvalue weighted by Crippen LogP contribution is 2.39. The zero-order chi connectivity index (χ0) is 35.3. The molecule has 6 atom stereocenters. The van der Waals surface area contributed by atoms with Crippen molar-refractivity contribution in [3.8, 4) is 0 Å². The average molecular weight is 659 g/mol. The molecule has 50 heavy (non-hydrogen) atoms. The Bertz CT molecular complexity index is 1420. The van der Waals surface area contributed by atoms with E-state index >= 15 is 0 Å². The van der Waals surface area contributed by atoms with Gasteiger partial charge < -0.3 is 0 Å². The lowest BCUT2D eigenvalue weighted by Gasteiger charge is -2.40. The lowest BCUT2D eigenvalue weighted by Crippen LogP contribution is -2.32. The molecule has 256 valence electrons. The van der Waals surface area contributed by atoms with Crippen LogP contribution in [0.1, 0.15) is 111 Å². The van der Waals surface area contributed by atoms with Crippen molar-refractivity contribution in [2.45, 2.75) is 77.8 Å². The molecule has 0 aliphatic heterocycles. The largest absolute Gasteiger partial charge is 0.283 e. The fourth-order valence-electron chi connectivity index (χ4n) is 7.43. The topological polar surface area (TPSA) is 6.48 Å². The van der Waals surface area contributed by atoms with E-state index in [-0.39, 0.29) is 0 Å². The van der Waals surface area contributed by atoms with Crippen molar-refractivity contribution >= 4 is 0 Å². The van der Waals surface area contributed by atoms with Crippen LogP contribution < -0.4 is 0 Å². The highest BCUT2D eigenvalue weighted by molar-refractivity contribution is 5.27. The summed E-state index contributed by atoms with van der Waals surface area (Å²) in [6.07, 6.45) is 0. The van der Waals surface area contributed by atoms with Crippen molar-refractivity contribution in [2.75, 3.05) is 0 Å². The highest BCUT2D eigenvalue weighted by Gasteiger charge is 2.29. The zero-order valence-electron chi connectivity index (χ0n) is 30.7. The van der Waals surface area contributed by atoms with Gasteiger partial charge in [0.1, 0.15) is 0 Å². The Morgan fingerprint density at radius 3 is 0.460 bits per heavy atom. The van der Waals surface area contributed by atoms with Crippen molar-refractivity contribution in [2.24, 2.45) is 0 Å². The van der Waals surface area contributed by atoms with E-state index in [4.69, 9.17) is 0 Å². The van der Waals surface area contributed by atoms with Gasteiger partial charge in [-0.15, -0.1) is 0 Å². The second kappa shape index (κ2) is 18.3. The van der Waals surface area contributed by atoms with Crippen LogP contribution in [0.4, 0.5) is 0 Å². The van der Waals surface area contributed by atoms with E-state index < -0.39 is 0 Å². The molecule has 0 bridgehead atoms. The van der Waals surface area contributed by atoms with E-state index in [0.717, 1.165) is 0 Å². The molecule has 0 N–H and O–H groups in total. The normalized spacial score (nSPS) is 14.9. The predicted molar refractivity (Wildman–Crippen MR) is 213 cm³/mol. The smallest absolute Gasteiger partial charge is 0.0331 e. The maximum absolute atomic E-state index is 2.61. The van der Waals surface area contributed by atoms with Gasteiger partial charge in [-0.1, -0.05) is 182 Å². The van der Waals surface area contributed by atoms with Crippen LogP contribution in [-0.2, 0) is 0 Å². The summed E-state index contributed by atoms with van der Waals surface area (Å²) in [6, 6.07) is 66.8. The van der Waals surface area contributed by atoms with Crippen molar-refractivity contribution in [1.29, 1.82) is 0 Å². The molecule has 0 unspecified atom stereocenters. The summed E-state index contributed by atoms with van der Waals surface area (Å²) in [5, 5.41) is 0. The Morgan fingerprint density at radius 2 is 0.340 bits per heavy atom. The minimum atomic E-state index is 0.326. The second-order valence-electron chi connectivity index (χ2n) is 13.4. The highest BCUT2D eigenvalue weighted by atomic mass is 15.2. The van der Waals surface area contributed by atoms with E-state index in [0.29, 0.717) is 36.3 Å². The maximum Gasteiger partial charge on any atom is 0.0331 e. The van der Waals surface area contributed by atoms with Gasteiger partial charge >= 0.3 is 0 Å². The minimum absolute atomic E-state index is 0.326. The first kappa shape index (κ1) is 36.5. The summed E-state index contributed by atoms with van der Waals surface area (Å²) in [6.45, 7) is 13.9. The molecule has 0 aromatic heterocycles. The van der Waals surface area contributed by atoms with Crippen molar-refractivity contribution in [3.05, 3.63) is 215 Å². The van der Waals surface area contributed by atoms with E-state index in [1.165, 1.54) is 33.4 Å². The van der Waals surface area contributed by atoms with Gasteiger partial charge in [0.2, 0.25) is 0 Å². The Kier molecular flexibility index (Phi) is 13.4. The molecule has 0 heterocycles. The summed E-state index contributed by atoms with van der Waals surface area (Å²) < 4.78 is 0. The molecule has 0 saturated heterocycles. The van der Waals surface area contributed by atoms with Gasteiger partial charge in [-0.3, -0.25) is 9.80 Å². The van der Waals surface area contributed by atoms with Crippen LogP contribution in [0.3, 0.4) is 0 Å². The van der Waals surface area contributed by atoms with Crippen molar-refractivity contribution < 1.29 is 0 Å². The molecule has 0 saturated carbocycles. The van der Waals surface area contributed by atoms with Crippen LogP contribution in [-0.4, -0.2) is 9.80 Å². The maximum atomic E-state index is 2.61. The third-order valence-corrected chi connectivity index (χ3v) is 10.4. The van der Waals surface area contributed by atoms with Crippen LogP contribution in [0.25, 0.3) is 0 Å². The fourth-order valence-corrected chi connectivity index (χ4v) is 7.43. The summed E-state index contributed by atoms with van der Waals surface area (Å²) in [7, 11) is 0. The standard InChI is InChI=1S/2C24H27N/c2*1-19(22-13-7-4-8-14-22)25(20(2)23-15-9-5-10-16-23)21(3)24-17-11-6-12-18-24/h2*4-21H,1-3H3/t2*19-,20-,21-/m10/s1. The minimum Gasteiger partial charge on any atom is -0.283 e. The Labute approximate surface area is 302 Å². The third-order valence-electron chi connectivity index (χ3n) is 10.4. The summed E-state index contributed by atoms with van der Waals surface area (Å²) in [5.74, 6) is 0. The quantitative estimate of drug-likeness (QED) is 0.129. The fraction of sp³-hybridized carbons (Fsp3) is 0.250. The SMILES string of the molecule is C[C@@H](c1ccccc1)N([C@@H](C)c1ccccc1)[C@@H](C)c1ccccc1.C[C@H](c1ccccc1)N([C@H](C)c1ccccc1)[C@H](C)c1ccccc1. The molecule has 2 heteroatoms. The summed E-state index contributed by atoms with van der Waals surface area (Å²) in [4.78, 5) is 5.22. The van der Waals surface area contributed by atoms with Crippen LogP contribution >= 0.6 is 0 Å². The Balaban J connectivity index is 0.000000194. The van der Waals surface area contributed by atoms with E-state index in [1.807, 2.05) is 0 Å². The van der Waals surface area contributed by atoms with Crippen LogP contribution in [0, 0.1) is 0 Å². The van der Waals surface area contributed by atoms with Gasteiger partial charge in [0.15, 0.2) is 0 Å². The number of hydrogen-bond donors (Lipinski definition) is 0. The lowest BCUT2D eigenvalue weighted by molar-refractivity contribution is 0.103.